The molecule has 0 saturated heterocycles. The zero-order valence-corrected chi connectivity index (χ0v) is 33.8. The van der Waals surface area contributed by atoms with E-state index in [4.69, 9.17) is 4.98 Å². The second-order valence-electron chi connectivity index (χ2n) is 14.9. The summed E-state index contributed by atoms with van der Waals surface area (Å²) in [6.45, 7) is 11.8. The second kappa shape index (κ2) is 15.2. The zero-order valence-electron chi connectivity index (χ0n) is 29.6. The number of nitrogens with zero attached hydrogens (tertiary/aromatic N) is 2. The molecule has 5 heteroatoms. The molecule has 7 aromatic rings. The molecule has 1 saturated carbocycles. The van der Waals surface area contributed by atoms with Gasteiger partial charge in [0.1, 0.15) is 0 Å². The van der Waals surface area contributed by atoms with Crippen LogP contribution in [0.3, 0.4) is 0 Å². The molecule has 8 rings (SSSR count). The molecule has 1 aliphatic carbocycles. The number of pyridine rings is 2. The first-order chi connectivity index (χ1) is 23.7. The Morgan fingerprint density at radius 3 is 2.22 bits per heavy atom. The number of hydrogen-bond donors (Lipinski definition) is 0. The van der Waals surface area contributed by atoms with Crippen molar-refractivity contribution in [1.82, 2.24) is 9.97 Å². The maximum Gasteiger partial charge on any atom is 0.0795 e. The first-order valence-corrected chi connectivity index (χ1v) is 21.8. The van der Waals surface area contributed by atoms with E-state index in [-0.39, 0.29) is 25.5 Å². The molecule has 0 N–H and O–H groups in total. The molecule has 0 bridgehead atoms. The second-order valence-corrected chi connectivity index (χ2v) is 21.0. The quantitative estimate of drug-likeness (QED) is 0.123. The number of benzene rings is 4. The molecule has 0 unspecified atom stereocenters. The van der Waals surface area contributed by atoms with E-state index in [1.807, 2.05) is 48.0 Å². The van der Waals surface area contributed by atoms with Gasteiger partial charge < -0.3 is 9.97 Å². The Balaban J connectivity index is 0.000000215. The van der Waals surface area contributed by atoms with Crippen LogP contribution in [-0.4, -0.2) is 18.0 Å². The van der Waals surface area contributed by atoms with Crippen LogP contribution in [0.25, 0.3) is 53.8 Å². The van der Waals surface area contributed by atoms with Gasteiger partial charge in [0.05, 0.1) is 8.07 Å². The van der Waals surface area contributed by atoms with E-state index in [1.165, 1.54) is 67.7 Å². The molecule has 0 atom stereocenters. The van der Waals surface area contributed by atoms with Crippen LogP contribution in [0.4, 0.5) is 0 Å². The average Bonchev–Trinajstić information content (AvgIpc) is 3.82. The third-order valence-electron chi connectivity index (χ3n) is 10.3. The van der Waals surface area contributed by atoms with Gasteiger partial charge >= 0.3 is 0 Å². The monoisotopic (exact) mass is 865 g/mol. The molecule has 0 amide bonds. The Bertz CT molecular complexity index is 2180. The summed E-state index contributed by atoms with van der Waals surface area (Å²) in [7, 11) is -1.23. The fourth-order valence-corrected chi connectivity index (χ4v) is 9.32. The molecule has 1 radical (unpaired) electrons. The van der Waals surface area contributed by atoms with Gasteiger partial charge in [-0.25, -0.2) is 0 Å². The minimum Gasteiger partial charge on any atom is -0.305 e. The summed E-state index contributed by atoms with van der Waals surface area (Å²) in [5.74, 6) is 0.758. The summed E-state index contributed by atoms with van der Waals surface area (Å²) in [6, 6.07) is 45.3. The Morgan fingerprint density at radius 2 is 1.52 bits per heavy atom. The van der Waals surface area contributed by atoms with E-state index in [0.29, 0.717) is 0 Å². The first-order valence-electron chi connectivity index (χ1n) is 17.5. The summed E-state index contributed by atoms with van der Waals surface area (Å²) in [5, 5.41) is 4.03. The third-order valence-corrected chi connectivity index (χ3v) is 13.4. The smallest absolute Gasteiger partial charge is 0.0795 e. The topological polar surface area (TPSA) is 25.8 Å². The first kappa shape index (κ1) is 36.1. The molecule has 2 nitrogen and oxygen atoms in total. The summed E-state index contributed by atoms with van der Waals surface area (Å²) in [5.41, 5.74) is 8.29. The van der Waals surface area contributed by atoms with E-state index in [9.17, 15) is 0 Å². The normalized spacial score (nSPS) is 13.5. The van der Waals surface area contributed by atoms with Crippen LogP contribution >= 0.6 is 11.3 Å². The van der Waals surface area contributed by atoms with Crippen LogP contribution in [0.1, 0.15) is 45.1 Å². The molecule has 0 aliphatic heterocycles. The van der Waals surface area contributed by atoms with Gasteiger partial charge in [-0.05, 0) is 79.7 Å². The van der Waals surface area contributed by atoms with Crippen LogP contribution in [0.2, 0.25) is 19.6 Å². The number of thiophene rings is 1. The third kappa shape index (κ3) is 7.62. The molecule has 0 spiro atoms. The van der Waals surface area contributed by atoms with Crippen molar-refractivity contribution >= 4 is 44.8 Å². The number of aromatic nitrogens is 2. The van der Waals surface area contributed by atoms with Gasteiger partial charge in [0, 0.05) is 37.2 Å². The van der Waals surface area contributed by atoms with Crippen molar-refractivity contribution in [2.45, 2.75) is 64.6 Å². The molecule has 1 aliphatic rings. The van der Waals surface area contributed by atoms with Crippen LogP contribution in [-0.2, 0) is 25.5 Å². The number of fused-ring (bicyclic) bond motifs is 3. The summed E-state index contributed by atoms with van der Waals surface area (Å²) in [4.78, 5) is 9.29. The van der Waals surface area contributed by atoms with E-state index in [0.717, 1.165) is 28.4 Å². The fourth-order valence-electron chi connectivity index (χ4n) is 7.19. The van der Waals surface area contributed by atoms with Gasteiger partial charge in [-0.1, -0.05) is 112 Å². The number of rotatable bonds is 6. The Hall–Kier alpha value is -3.73. The predicted molar refractivity (Wildman–Crippen MR) is 213 cm³/mol. The van der Waals surface area contributed by atoms with Crippen molar-refractivity contribution in [2.24, 2.45) is 5.92 Å². The van der Waals surface area contributed by atoms with E-state index in [2.05, 4.69) is 136 Å². The van der Waals surface area contributed by atoms with Gasteiger partial charge in [-0.3, -0.25) is 0 Å². The van der Waals surface area contributed by atoms with Gasteiger partial charge in [0.25, 0.3) is 0 Å². The molecule has 255 valence electrons. The van der Waals surface area contributed by atoms with E-state index in [1.54, 1.807) is 0 Å². The molecule has 50 heavy (non-hydrogen) atoms. The zero-order chi connectivity index (χ0) is 34.0. The molecule has 3 aromatic heterocycles. The van der Waals surface area contributed by atoms with Gasteiger partial charge in [0.2, 0.25) is 0 Å². The maximum atomic E-state index is 4.77. The molecule has 1 fully saturated rings. The predicted octanol–water partition coefficient (Wildman–Crippen LogP) is 12.1. The molecule has 3 heterocycles. The van der Waals surface area contributed by atoms with Crippen molar-refractivity contribution in [1.29, 1.82) is 0 Å². The van der Waals surface area contributed by atoms with Gasteiger partial charge in [-0.2, -0.15) is 11.3 Å². The van der Waals surface area contributed by atoms with E-state index >= 15 is 0 Å². The van der Waals surface area contributed by atoms with Crippen LogP contribution < -0.4 is 5.19 Å². The maximum absolute atomic E-state index is 4.77. The molecule has 4 aromatic carbocycles. The van der Waals surface area contributed by atoms with Crippen LogP contribution in [0, 0.1) is 18.1 Å². The van der Waals surface area contributed by atoms with Crippen LogP contribution in [0.5, 0.6) is 0 Å². The Morgan fingerprint density at radius 1 is 0.740 bits per heavy atom. The Kier molecular flexibility index (Phi) is 11.0. The van der Waals surface area contributed by atoms with Gasteiger partial charge in [-0.15, -0.1) is 59.7 Å². The van der Waals surface area contributed by atoms with Crippen molar-refractivity contribution in [2.75, 3.05) is 0 Å². The SMILES string of the molecule is CC(C)(c1ccnc(-c2[c-]cc3sc4cccc(-c5ccccc5)c4c3c2)c1)C1CCCC1.C[Si](C)(C)c1ccc(-c2[c-]cccc2)nc1.[Ir]. The summed E-state index contributed by atoms with van der Waals surface area (Å²) >= 11 is 1.85. The van der Waals surface area contributed by atoms with Crippen molar-refractivity contribution in [3.05, 3.63) is 139 Å². The minimum absolute atomic E-state index is 0. The van der Waals surface area contributed by atoms with Gasteiger partial charge in [0.15, 0.2) is 0 Å². The average molecular weight is 865 g/mol. The van der Waals surface area contributed by atoms with Crippen molar-refractivity contribution in [3.8, 4) is 33.6 Å². The van der Waals surface area contributed by atoms with E-state index < -0.39 is 8.07 Å². The Labute approximate surface area is 316 Å². The minimum atomic E-state index is -1.23. The summed E-state index contributed by atoms with van der Waals surface area (Å²) < 4.78 is 2.60. The van der Waals surface area contributed by atoms with Crippen LogP contribution in [0.15, 0.2) is 122 Å². The standard InChI is InChI=1S/C31H28NS.C14H16NSi.Ir/c1-31(2,23-11-6-7-12-23)24-17-18-32-27(20-24)22-15-16-28-26(19-22)30-25(13-8-14-29(30)33-28)21-9-4-3-5-10-21;1-16(2,3)13-9-10-14(15-11-13)12-7-5-4-6-8-12;/h3-5,8-10,13-14,16-20,23H,6-7,11-12H2,1-2H3;4-7,9-11H,1-3H3;/q2*-1;. The molecular weight excluding hydrogens is 821 g/mol. The largest absolute Gasteiger partial charge is 0.305 e. The van der Waals surface area contributed by atoms with Crippen molar-refractivity contribution in [3.63, 3.8) is 0 Å². The number of hydrogen-bond acceptors (Lipinski definition) is 3. The molecular formula is C45H44IrN2SSi-2. The fraction of sp³-hybridized carbons (Fsp3) is 0.244. The summed E-state index contributed by atoms with van der Waals surface area (Å²) in [6.07, 6.45) is 9.41. The van der Waals surface area contributed by atoms with Crippen molar-refractivity contribution < 1.29 is 20.1 Å².